The van der Waals surface area contributed by atoms with E-state index >= 15 is 0 Å². The van der Waals surface area contributed by atoms with Gasteiger partial charge in [-0.1, -0.05) is 12.2 Å². The number of hydrogen-bond acceptors (Lipinski definition) is 3. The third-order valence-corrected chi connectivity index (χ3v) is 6.39. The molecule has 1 aromatic carbocycles. The molecule has 0 saturated heterocycles. The van der Waals surface area contributed by atoms with Crippen LogP contribution in [0.2, 0.25) is 0 Å². The van der Waals surface area contributed by atoms with Crippen molar-refractivity contribution in [1.29, 1.82) is 0 Å². The summed E-state index contributed by atoms with van der Waals surface area (Å²) < 4.78 is 25.6. The van der Waals surface area contributed by atoms with E-state index in [0.717, 1.165) is 24.1 Å². The molecule has 0 spiro atoms. The van der Waals surface area contributed by atoms with E-state index in [9.17, 15) is 13.2 Å². The zero-order chi connectivity index (χ0) is 16.6. The molecule has 3 rings (SSSR count). The minimum absolute atomic E-state index is 0.128. The van der Waals surface area contributed by atoms with E-state index < -0.39 is 10.0 Å². The van der Waals surface area contributed by atoms with Crippen LogP contribution in [-0.4, -0.2) is 39.3 Å². The second kappa shape index (κ2) is 6.09. The Morgan fingerprint density at radius 3 is 2.78 bits per heavy atom. The molecule has 0 fully saturated rings. The van der Waals surface area contributed by atoms with Gasteiger partial charge < -0.3 is 4.90 Å². The first-order chi connectivity index (χ1) is 10.9. The number of fused-ring (bicyclic) bond motifs is 1. The van der Waals surface area contributed by atoms with Crippen LogP contribution < -0.4 is 4.90 Å². The minimum Gasteiger partial charge on any atom is -0.312 e. The predicted octanol–water partition coefficient (Wildman–Crippen LogP) is 2.18. The molecule has 2 aliphatic rings. The topological polar surface area (TPSA) is 57.7 Å². The van der Waals surface area contributed by atoms with Crippen molar-refractivity contribution in [2.45, 2.75) is 30.6 Å². The van der Waals surface area contributed by atoms with Gasteiger partial charge in [-0.2, -0.15) is 0 Å². The van der Waals surface area contributed by atoms with Crippen LogP contribution >= 0.6 is 0 Å². The monoisotopic (exact) mass is 334 g/mol. The number of amides is 1. The fourth-order valence-electron chi connectivity index (χ4n) is 3.21. The Bertz CT molecular complexity index is 753. The average Bonchev–Trinajstić information content (AvgIpc) is 3.15. The second-order valence-corrected chi connectivity index (χ2v) is 8.49. The van der Waals surface area contributed by atoms with Crippen molar-refractivity contribution in [2.75, 3.05) is 25.5 Å². The molecule has 124 valence electrons. The lowest BCUT2D eigenvalue weighted by Crippen LogP contribution is -2.30. The lowest BCUT2D eigenvalue weighted by atomic mass is 10.0. The molecule has 0 bridgehead atoms. The first-order valence-corrected chi connectivity index (χ1v) is 9.36. The molecule has 0 aromatic heterocycles. The molecular formula is C17H22N2O3S. The van der Waals surface area contributed by atoms with Gasteiger partial charge in [0, 0.05) is 32.7 Å². The summed E-state index contributed by atoms with van der Waals surface area (Å²) in [4.78, 5) is 14.6. The highest BCUT2D eigenvalue weighted by Gasteiger charge is 2.28. The van der Waals surface area contributed by atoms with Crippen LogP contribution in [0.4, 0.5) is 5.69 Å². The number of carbonyl (C=O) groups excluding carboxylic acids is 1. The summed E-state index contributed by atoms with van der Waals surface area (Å²) >= 11 is 0. The lowest BCUT2D eigenvalue weighted by molar-refractivity contribution is -0.119. The molecule has 0 N–H and O–H groups in total. The highest BCUT2D eigenvalue weighted by atomic mass is 32.2. The summed E-state index contributed by atoms with van der Waals surface area (Å²) in [5.41, 5.74) is 1.79. The SMILES string of the molecule is CN(C)S(=O)(=O)c1ccc2c(c1)CCN2C(=O)CC1C=CCC1. The first kappa shape index (κ1) is 16.2. The van der Waals surface area contributed by atoms with Crippen molar-refractivity contribution in [3.05, 3.63) is 35.9 Å². The van der Waals surface area contributed by atoms with Crippen LogP contribution in [0.5, 0.6) is 0 Å². The number of sulfonamides is 1. The van der Waals surface area contributed by atoms with E-state index in [1.165, 1.54) is 18.4 Å². The molecule has 1 aliphatic carbocycles. The average molecular weight is 334 g/mol. The van der Waals surface area contributed by atoms with Crippen LogP contribution in [0.1, 0.15) is 24.8 Å². The zero-order valence-corrected chi connectivity index (χ0v) is 14.3. The van der Waals surface area contributed by atoms with E-state index in [0.29, 0.717) is 25.3 Å². The Morgan fingerprint density at radius 2 is 2.13 bits per heavy atom. The highest BCUT2D eigenvalue weighted by Crippen LogP contribution is 2.32. The molecule has 0 saturated carbocycles. The zero-order valence-electron chi connectivity index (χ0n) is 13.5. The molecule has 1 aliphatic heterocycles. The van der Waals surface area contributed by atoms with E-state index in [4.69, 9.17) is 0 Å². The summed E-state index contributed by atoms with van der Waals surface area (Å²) in [7, 11) is -0.391. The summed E-state index contributed by atoms with van der Waals surface area (Å²) in [5.74, 6) is 0.475. The van der Waals surface area contributed by atoms with E-state index in [-0.39, 0.29) is 10.8 Å². The molecule has 23 heavy (non-hydrogen) atoms. The first-order valence-electron chi connectivity index (χ1n) is 7.92. The maximum atomic E-state index is 12.5. The predicted molar refractivity (Wildman–Crippen MR) is 89.9 cm³/mol. The van der Waals surface area contributed by atoms with Gasteiger partial charge in [-0.3, -0.25) is 4.79 Å². The Morgan fingerprint density at radius 1 is 1.35 bits per heavy atom. The number of anilines is 1. The smallest absolute Gasteiger partial charge is 0.242 e. The molecule has 6 heteroatoms. The minimum atomic E-state index is -3.43. The van der Waals surface area contributed by atoms with Crippen molar-refractivity contribution < 1.29 is 13.2 Å². The Kier molecular flexibility index (Phi) is 4.29. The third kappa shape index (κ3) is 3.05. The second-order valence-electron chi connectivity index (χ2n) is 6.34. The van der Waals surface area contributed by atoms with E-state index in [1.807, 2.05) is 0 Å². The molecule has 5 nitrogen and oxygen atoms in total. The molecule has 1 amide bonds. The van der Waals surface area contributed by atoms with Crippen molar-refractivity contribution in [3.63, 3.8) is 0 Å². The molecule has 1 unspecified atom stereocenters. The van der Waals surface area contributed by atoms with Gasteiger partial charge in [0.15, 0.2) is 0 Å². The highest BCUT2D eigenvalue weighted by molar-refractivity contribution is 7.89. The summed E-state index contributed by atoms with van der Waals surface area (Å²) in [5, 5.41) is 0. The normalized spacial score (nSPS) is 20.3. The van der Waals surface area contributed by atoms with Gasteiger partial charge in [0.05, 0.1) is 4.90 Å². The number of allylic oxidation sites excluding steroid dienone is 2. The van der Waals surface area contributed by atoms with Gasteiger partial charge in [0.25, 0.3) is 0 Å². The van der Waals surface area contributed by atoms with Crippen molar-refractivity contribution in [1.82, 2.24) is 4.31 Å². The van der Waals surface area contributed by atoms with Crippen LogP contribution in [0.3, 0.4) is 0 Å². The Hall–Kier alpha value is -1.66. The molecule has 1 heterocycles. The maximum absolute atomic E-state index is 12.5. The van der Waals surface area contributed by atoms with E-state index in [2.05, 4.69) is 12.2 Å². The number of hydrogen-bond donors (Lipinski definition) is 0. The summed E-state index contributed by atoms with van der Waals surface area (Å²) in [6.45, 7) is 0.635. The van der Waals surface area contributed by atoms with Crippen LogP contribution in [0.25, 0.3) is 0 Å². The van der Waals surface area contributed by atoms with Crippen LogP contribution in [0, 0.1) is 5.92 Å². The summed E-state index contributed by atoms with van der Waals surface area (Å²) in [6.07, 6.45) is 7.61. The maximum Gasteiger partial charge on any atom is 0.242 e. The van der Waals surface area contributed by atoms with Crippen LogP contribution in [0.15, 0.2) is 35.2 Å². The van der Waals surface area contributed by atoms with Gasteiger partial charge >= 0.3 is 0 Å². The van der Waals surface area contributed by atoms with Crippen molar-refractivity contribution in [2.24, 2.45) is 5.92 Å². The third-order valence-electron chi connectivity index (χ3n) is 4.58. The van der Waals surface area contributed by atoms with Crippen molar-refractivity contribution in [3.8, 4) is 0 Å². The fraction of sp³-hybridized carbons (Fsp3) is 0.471. The number of rotatable bonds is 4. The van der Waals surface area contributed by atoms with Gasteiger partial charge in [0.1, 0.15) is 0 Å². The quantitative estimate of drug-likeness (QED) is 0.793. The number of carbonyl (C=O) groups is 1. The fourth-order valence-corrected chi connectivity index (χ4v) is 4.16. The summed E-state index contributed by atoms with van der Waals surface area (Å²) in [6, 6.07) is 5.06. The van der Waals surface area contributed by atoms with E-state index in [1.54, 1.807) is 23.1 Å². The lowest BCUT2D eigenvalue weighted by Gasteiger charge is -2.19. The van der Waals surface area contributed by atoms with Gasteiger partial charge in [-0.15, -0.1) is 0 Å². The largest absolute Gasteiger partial charge is 0.312 e. The number of nitrogens with zero attached hydrogens (tertiary/aromatic N) is 2. The number of benzene rings is 1. The Balaban J connectivity index is 1.81. The molecule has 1 atom stereocenters. The van der Waals surface area contributed by atoms with Crippen LogP contribution in [-0.2, 0) is 21.2 Å². The molecule has 1 aromatic rings. The van der Waals surface area contributed by atoms with Gasteiger partial charge in [-0.25, -0.2) is 12.7 Å². The standard InChI is InChI=1S/C17H22N2O3S/c1-18(2)23(21,22)15-7-8-16-14(12-15)9-10-19(16)17(20)11-13-5-3-4-6-13/h3,5,7-8,12-13H,4,6,9-11H2,1-2H3. The molecular weight excluding hydrogens is 312 g/mol. The van der Waals surface area contributed by atoms with Gasteiger partial charge in [-0.05, 0) is 48.9 Å². The Labute approximate surface area is 137 Å². The molecule has 0 radical (unpaired) electrons. The van der Waals surface area contributed by atoms with Gasteiger partial charge in [0.2, 0.25) is 15.9 Å². The van der Waals surface area contributed by atoms with Crippen molar-refractivity contribution >= 4 is 21.6 Å².